The van der Waals surface area contributed by atoms with Gasteiger partial charge in [0.05, 0.1) is 16.9 Å². The third-order valence-corrected chi connectivity index (χ3v) is 4.43. The lowest BCUT2D eigenvalue weighted by molar-refractivity contribution is 0.405. The van der Waals surface area contributed by atoms with E-state index in [4.69, 9.17) is 4.74 Å². The van der Waals surface area contributed by atoms with Crippen LogP contribution in [0.5, 0.6) is 5.75 Å². The highest BCUT2D eigenvalue weighted by atomic mass is 79.9. The Bertz CT molecular complexity index is 538. The van der Waals surface area contributed by atoms with Gasteiger partial charge in [-0.3, -0.25) is 0 Å². The van der Waals surface area contributed by atoms with E-state index in [0.29, 0.717) is 0 Å². The first-order chi connectivity index (χ1) is 8.65. The second kappa shape index (κ2) is 5.87. The standard InChI is InChI=1S/C14H16BrNOS/c1-9-4-5-12(17-3)11(6-9)14(16-2)10-7-13(15)18-8-10/h4-8,14,16H,1-3H3. The summed E-state index contributed by atoms with van der Waals surface area (Å²) >= 11 is 5.21. The van der Waals surface area contributed by atoms with Crippen molar-refractivity contribution < 1.29 is 4.74 Å². The molecule has 0 saturated carbocycles. The first-order valence-corrected chi connectivity index (χ1v) is 7.38. The van der Waals surface area contributed by atoms with E-state index >= 15 is 0 Å². The summed E-state index contributed by atoms with van der Waals surface area (Å²) in [5.74, 6) is 0.919. The van der Waals surface area contributed by atoms with E-state index in [1.165, 1.54) is 16.7 Å². The summed E-state index contributed by atoms with van der Waals surface area (Å²) in [4.78, 5) is 0. The number of methoxy groups -OCH3 is 1. The lowest BCUT2D eigenvalue weighted by Crippen LogP contribution is -2.18. The van der Waals surface area contributed by atoms with Crippen molar-refractivity contribution in [3.63, 3.8) is 0 Å². The lowest BCUT2D eigenvalue weighted by Gasteiger charge is -2.19. The van der Waals surface area contributed by atoms with Crippen molar-refractivity contribution in [2.75, 3.05) is 14.2 Å². The van der Waals surface area contributed by atoms with Gasteiger partial charge >= 0.3 is 0 Å². The second-order valence-corrected chi connectivity index (χ2v) is 6.44. The molecule has 1 aromatic heterocycles. The molecule has 2 nitrogen and oxygen atoms in total. The Hall–Kier alpha value is -0.840. The van der Waals surface area contributed by atoms with Crippen molar-refractivity contribution in [3.8, 4) is 5.75 Å². The molecule has 96 valence electrons. The number of rotatable bonds is 4. The van der Waals surface area contributed by atoms with E-state index < -0.39 is 0 Å². The molecule has 1 unspecified atom stereocenters. The van der Waals surface area contributed by atoms with Crippen LogP contribution in [0, 0.1) is 6.92 Å². The fourth-order valence-electron chi connectivity index (χ4n) is 2.06. The lowest BCUT2D eigenvalue weighted by atomic mass is 9.98. The summed E-state index contributed by atoms with van der Waals surface area (Å²) in [5.41, 5.74) is 3.66. The number of ether oxygens (including phenoxy) is 1. The molecule has 18 heavy (non-hydrogen) atoms. The molecule has 1 N–H and O–H groups in total. The van der Waals surface area contributed by atoms with Gasteiger partial charge in [0.15, 0.2) is 0 Å². The second-order valence-electron chi connectivity index (χ2n) is 4.15. The summed E-state index contributed by atoms with van der Waals surface area (Å²) in [6, 6.07) is 8.57. The number of benzene rings is 1. The molecule has 0 aliphatic carbocycles. The van der Waals surface area contributed by atoms with Gasteiger partial charge in [0.1, 0.15) is 5.75 Å². The number of hydrogen-bond acceptors (Lipinski definition) is 3. The summed E-state index contributed by atoms with van der Waals surface area (Å²) in [6.07, 6.45) is 0. The largest absolute Gasteiger partial charge is 0.496 e. The third-order valence-electron chi connectivity index (χ3n) is 2.91. The van der Waals surface area contributed by atoms with E-state index in [0.717, 1.165) is 9.54 Å². The number of hydrogen-bond donors (Lipinski definition) is 1. The minimum absolute atomic E-state index is 0.155. The molecule has 1 aromatic carbocycles. The van der Waals surface area contributed by atoms with Gasteiger partial charge in [0, 0.05) is 5.56 Å². The zero-order valence-electron chi connectivity index (χ0n) is 10.7. The molecule has 0 bridgehead atoms. The molecular formula is C14H16BrNOS. The summed E-state index contributed by atoms with van der Waals surface area (Å²) in [7, 11) is 3.68. The molecule has 2 rings (SSSR count). The zero-order valence-corrected chi connectivity index (χ0v) is 13.1. The van der Waals surface area contributed by atoms with Crippen LogP contribution in [0.15, 0.2) is 33.4 Å². The number of thiophene rings is 1. The summed E-state index contributed by atoms with van der Waals surface area (Å²) < 4.78 is 6.61. The number of halogens is 1. The molecule has 1 atom stereocenters. The molecule has 0 fully saturated rings. The predicted octanol–water partition coefficient (Wildman–Crippen LogP) is 4.14. The first kappa shape index (κ1) is 13.6. The van der Waals surface area contributed by atoms with Gasteiger partial charge in [-0.05, 0) is 53.0 Å². The average Bonchev–Trinajstić information content (AvgIpc) is 2.77. The fraction of sp³-hybridized carbons (Fsp3) is 0.286. The maximum absolute atomic E-state index is 5.46. The highest BCUT2D eigenvalue weighted by Gasteiger charge is 2.17. The highest BCUT2D eigenvalue weighted by molar-refractivity contribution is 9.11. The highest BCUT2D eigenvalue weighted by Crippen LogP contribution is 2.34. The molecule has 0 aliphatic heterocycles. The van der Waals surface area contributed by atoms with Crippen LogP contribution in [0.2, 0.25) is 0 Å². The van der Waals surface area contributed by atoms with Crippen molar-refractivity contribution in [2.45, 2.75) is 13.0 Å². The van der Waals surface area contributed by atoms with Crippen molar-refractivity contribution in [1.82, 2.24) is 5.32 Å². The van der Waals surface area contributed by atoms with E-state index in [2.05, 4.69) is 51.7 Å². The maximum Gasteiger partial charge on any atom is 0.123 e. The Morgan fingerprint density at radius 2 is 2.11 bits per heavy atom. The van der Waals surface area contributed by atoms with Crippen LogP contribution in [0.4, 0.5) is 0 Å². The van der Waals surface area contributed by atoms with E-state index in [9.17, 15) is 0 Å². The topological polar surface area (TPSA) is 21.3 Å². The van der Waals surface area contributed by atoms with Crippen molar-refractivity contribution in [2.24, 2.45) is 0 Å². The molecule has 0 spiro atoms. The van der Waals surface area contributed by atoms with Gasteiger partial charge < -0.3 is 10.1 Å². The van der Waals surface area contributed by atoms with Crippen LogP contribution in [0.3, 0.4) is 0 Å². The van der Waals surface area contributed by atoms with Crippen LogP contribution in [-0.2, 0) is 0 Å². The van der Waals surface area contributed by atoms with E-state index in [-0.39, 0.29) is 6.04 Å². The first-order valence-electron chi connectivity index (χ1n) is 5.71. The van der Waals surface area contributed by atoms with Gasteiger partial charge in [0.25, 0.3) is 0 Å². The van der Waals surface area contributed by atoms with E-state index in [1.54, 1.807) is 18.4 Å². The molecule has 0 radical (unpaired) electrons. The van der Waals surface area contributed by atoms with Crippen LogP contribution in [-0.4, -0.2) is 14.2 Å². The summed E-state index contributed by atoms with van der Waals surface area (Å²) in [6.45, 7) is 2.10. The SMILES string of the molecule is CNC(c1csc(Br)c1)c1cc(C)ccc1OC. The Labute approximate surface area is 120 Å². The zero-order chi connectivity index (χ0) is 13.1. The minimum atomic E-state index is 0.155. The fourth-order valence-corrected chi connectivity index (χ4v) is 3.26. The molecular weight excluding hydrogens is 310 g/mol. The number of nitrogens with one attached hydrogen (secondary N) is 1. The Morgan fingerprint density at radius 1 is 1.33 bits per heavy atom. The van der Waals surface area contributed by atoms with Gasteiger partial charge in [-0.2, -0.15) is 0 Å². The predicted molar refractivity (Wildman–Crippen MR) is 80.7 cm³/mol. The van der Waals surface area contributed by atoms with Crippen LogP contribution < -0.4 is 10.1 Å². The van der Waals surface area contributed by atoms with Gasteiger partial charge in [-0.15, -0.1) is 11.3 Å². The molecule has 0 saturated heterocycles. The normalized spacial score (nSPS) is 12.4. The van der Waals surface area contributed by atoms with Crippen molar-refractivity contribution >= 4 is 27.3 Å². The Kier molecular flexibility index (Phi) is 4.43. The quantitative estimate of drug-likeness (QED) is 0.912. The van der Waals surface area contributed by atoms with E-state index in [1.807, 2.05) is 13.1 Å². The maximum atomic E-state index is 5.46. The molecule has 0 amide bonds. The Balaban J connectivity index is 2.47. The van der Waals surface area contributed by atoms with Gasteiger partial charge in [0.2, 0.25) is 0 Å². The van der Waals surface area contributed by atoms with Gasteiger partial charge in [-0.1, -0.05) is 17.7 Å². The molecule has 2 aromatic rings. The molecule has 0 aliphatic rings. The van der Waals surface area contributed by atoms with Crippen LogP contribution in [0.1, 0.15) is 22.7 Å². The average molecular weight is 326 g/mol. The van der Waals surface area contributed by atoms with Crippen molar-refractivity contribution in [3.05, 3.63) is 50.1 Å². The molecule has 1 heterocycles. The van der Waals surface area contributed by atoms with Crippen molar-refractivity contribution in [1.29, 1.82) is 0 Å². The Morgan fingerprint density at radius 3 is 2.67 bits per heavy atom. The summed E-state index contributed by atoms with van der Waals surface area (Å²) in [5, 5.41) is 5.52. The molecule has 4 heteroatoms. The monoisotopic (exact) mass is 325 g/mol. The van der Waals surface area contributed by atoms with Crippen LogP contribution in [0.25, 0.3) is 0 Å². The van der Waals surface area contributed by atoms with Crippen LogP contribution >= 0.6 is 27.3 Å². The smallest absolute Gasteiger partial charge is 0.123 e. The third kappa shape index (κ3) is 2.76. The minimum Gasteiger partial charge on any atom is -0.496 e. The van der Waals surface area contributed by atoms with Gasteiger partial charge in [-0.25, -0.2) is 0 Å². The number of aryl methyl sites for hydroxylation is 1.